The molecule has 4 rings (SSSR count). The van der Waals surface area contributed by atoms with Crippen LogP contribution in [0.3, 0.4) is 0 Å². The van der Waals surface area contributed by atoms with Gasteiger partial charge in [-0.2, -0.15) is 0 Å². The summed E-state index contributed by atoms with van der Waals surface area (Å²) in [7, 11) is 0. The minimum Gasteiger partial charge on any atom is -0.385 e. The number of benzene rings is 1. The highest BCUT2D eigenvalue weighted by Gasteiger charge is 2.50. The van der Waals surface area contributed by atoms with Crippen molar-refractivity contribution in [3.63, 3.8) is 0 Å². The fourth-order valence-corrected chi connectivity index (χ4v) is 4.49. The number of fused-ring (bicyclic) bond motifs is 1. The van der Waals surface area contributed by atoms with Gasteiger partial charge in [-0.25, -0.2) is 0 Å². The number of likely N-dealkylation sites (tertiary alicyclic amines) is 1. The monoisotopic (exact) mass is 326 g/mol. The van der Waals surface area contributed by atoms with Crippen molar-refractivity contribution in [2.24, 2.45) is 5.92 Å². The first-order valence-corrected chi connectivity index (χ1v) is 8.69. The maximum Gasteiger partial charge on any atom is 0.276 e. The lowest BCUT2D eigenvalue weighted by Crippen LogP contribution is -2.59. The maximum atomic E-state index is 12.8. The van der Waals surface area contributed by atoms with E-state index in [1.165, 1.54) is 6.26 Å². The van der Waals surface area contributed by atoms with Crippen LogP contribution in [-0.4, -0.2) is 33.7 Å². The fourth-order valence-electron chi connectivity index (χ4n) is 4.49. The first kappa shape index (κ1) is 15.4. The zero-order valence-corrected chi connectivity index (χ0v) is 13.6. The molecule has 1 saturated carbocycles. The van der Waals surface area contributed by atoms with Crippen molar-refractivity contribution in [3.05, 3.63) is 53.9 Å². The van der Waals surface area contributed by atoms with Gasteiger partial charge in [0.25, 0.3) is 5.91 Å². The number of rotatable bonds is 2. The molecule has 1 unspecified atom stereocenters. The molecular formula is C19H22N2O3. The zero-order valence-electron chi connectivity index (χ0n) is 13.6. The van der Waals surface area contributed by atoms with E-state index >= 15 is 0 Å². The summed E-state index contributed by atoms with van der Waals surface area (Å²) in [5.74, 6) is -0.0194. The Kier molecular flexibility index (Phi) is 3.88. The summed E-state index contributed by atoms with van der Waals surface area (Å²) in [6.07, 6.45) is 6.05. The van der Waals surface area contributed by atoms with E-state index in [1.54, 1.807) is 6.07 Å². The third kappa shape index (κ3) is 2.44. The molecule has 1 aliphatic heterocycles. The van der Waals surface area contributed by atoms with Gasteiger partial charge in [-0.3, -0.25) is 4.79 Å². The SMILES string of the molecule is O=C(c1ccon1)N1CCC(O)(c2ccccc2)[C@H]2CCCC[C@H]21. The Morgan fingerprint density at radius 1 is 1.21 bits per heavy atom. The van der Waals surface area contributed by atoms with Gasteiger partial charge in [-0.15, -0.1) is 0 Å². The summed E-state index contributed by atoms with van der Waals surface area (Å²) in [5, 5.41) is 15.3. The number of amides is 1. The van der Waals surface area contributed by atoms with Crippen molar-refractivity contribution in [1.82, 2.24) is 10.1 Å². The lowest BCUT2D eigenvalue weighted by atomic mass is 9.66. The van der Waals surface area contributed by atoms with E-state index < -0.39 is 5.60 Å². The van der Waals surface area contributed by atoms with Crippen LogP contribution in [0.15, 0.2) is 47.2 Å². The molecule has 126 valence electrons. The van der Waals surface area contributed by atoms with Crippen molar-refractivity contribution in [1.29, 1.82) is 0 Å². The number of nitrogens with zero attached hydrogens (tertiary/aromatic N) is 2. The molecule has 1 amide bonds. The summed E-state index contributed by atoms with van der Waals surface area (Å²) in [4.78, 5) is 14.7. The first-order chi connectivity index (χ1) is 11.7. The molecule has 5 heteroatoms. The van der Waals surface area contributed by atoms with Crippen LogP contribution in [-0.2, 0) is 5.60 Å². The number of aliphatic hydroxyl groups is 1. The number of hydrogen-bond donors (Lipinski definition) is 1. The van der Waals surface area contributed by atoms with E-state index in [9.17, 15) is 9.90 Å². The van der Waals surface area contributed by atoms with Gasteiger partial charge in [0.05, 0.1) is 5.60 Å². The van der Waals surface area contributed by atoms with Gasteiger partial charge in [0.2, 0.25) is 0 Å². The summed E-state index contributed by atoms with van der Waals surface area (Å²) < 4.78 is 4.83. The quantitative estimate of drug-likeness (QED) is 0.921. The third-order valence-electron chi connectivity index (χ3n) is 5.67. The number of piperidine rings is 1. The molecule has 5 nitrogen and oxygen atoms in total. The van der Waals surface area contributed by atoms with Gasteiger partial charge < -0.3 is 14.5 Å². The van der Waals surface area contributed by atoms with Crippen LogP contribution >= 0.6 is 0 Å². The largest absolute Gasteiger partial charge is 0.385 e. The van der Waals surface area contributed by atoms with Crippen LogP contribution in [0, 0.1) is 5.92 Å². The molecule has 1 N–H and O–H groups in total. The molecule has 24 heavy (non-hydrogen) atoms. The number of aromatic nitrogens is 1. The van der Waals surface area contributed by atoms with E-state index in [-0.39, 0.29) is 17.9 Å². The first-order valence-electron chi connectivity index (χ1n) is 8.69. The Bertz CT molecular complexity index is 701. The molecular weight excluding hydrogens is 304 g/mol. The molecule has 2 aliphatic rings. The third-order valence-corrected chi connectivity index (χ3v) is 5.67. The van der Waals surface area contributed by atoms with E-state index in [0.29, 0.717) is 18.7 Å². The molecule has 2 fully saturated rings. The Balaban J connectivity index is 1.66. The van der Waals surface area contributed by atoms with Gasteiger partial charge in [-0.05, 0) is 24.8 Å². The van der Waals surface area contributed by atoms with Crippen molar-refractivity contribution < 1.29 is 14.4 Å². The fraction of sp³-hybridized carbons (Fsp3) is 0.474. The van der Waals surface area contributed by atoms with Crippen LogP contribution in [0.1, 0.15) is 48.2 Å². The molecule has 0 spiro atoms. The molecule has 1 aromatic carbocycles. The summed E-state index contributed by atoms with van der Waals surface area (Å²) in [5.41, 5.74) is 0.465. The van der Waals surface area contributed by atoms with Crippen molar-refractivity contribution in [2.45, 2.75) is 43.7 Å². The molecule has 0 radical (unpaired) electrons. The highest BCUT2D eigenvalue weighted by molar-refractivity contribution is 5.92. The Hall–Kier alpha value is -2.14. The Morgan fingerprint density at radius 2 is 2.00 bits per heavy atom. The molecule has 1 aliphatic carbocycles. The van der Waals surface area contributed by atoms with Gasteiger partial charge in [0.1, 0.15) is 6.26 Å². The van der Waals surface area contributed by atoms with Crippen molar-refractivity contribution >= 4 is 5.91 Å². The number of carbonyl (C=O) groups excluding carboxylic acids is 1. The van der Waals surface area contributed by atoms with E-state index in [0.717, 1.165) is 31.2 Å². The lowest BCUT2D eigenvalue weighted by molar-refractivity contribution is -0.110. The number of hydrogen-bond acceptors (Lipinski definition) is 4. The second kappa shape index (κ2) is 6.06. The van der Waals surface area contributed by atoms with Crippen molar-refractivity contribution in [2.75, 3.05) is 6.54 Å². The second-order valence-electron chi connectivity index (χ2n) is 6.88. The molecule has 3 atom stereocenters. The van der Waals surface area contributed by atoms with Crippen LogP contribution in [0.5, 0.6) is 0 Å². The lowest BCUT2D eigenvalue weighted by Gasteiger charge is -2.52. The zero-order chi connectivity index (χ0) is 16.6. The average Bonchev–Trinajstić information content (AvgIpc) is 3.17. The van der Waals surface area contributed by atoms with Crippen LogP contribution in [0.2, 0.25) is 0 Å². The van der Waals surface area contributed by atoms with E-state index in [1.807, 2.05) is 35.2 Å². The topological polar surface area (TPSA) is 66.6 Å². The normalized spacial score (nSPS) is 30.0. The van der Waals surface area contributed by atoms with Gasteiger partial charge in [0, 0.05) is 24.6 Å². The minimum atomic E-state index is -0.854. The minimum absolute atomic E-state index is 0.0573. The average molecular weight is 326 g/mol. The van der Waals surface area contributed by atoms with E-state index in [4.69, 9.17) is 4.52 Å². The highest BCUT2D eigenvalue weighted by Crippen LogP contribution is 2.47. The summed E-state index contributed by atoms with van der Waals surface area (Å²) >= 11 is 0. The van der Waals surface area contributed by atoms with E-state index in [2.05, 4.69) is 5.16 Å². The van der Waals surface area contributed by atoms with Crippen molar-refractivity contribution in [3.8, 4) is 0 Å². The van der Waals surface area contributed by atoms with Crippen LogP contribution in [0.25, 0.3) is 0 Å². The van der Waals surface area contributed by atoms with Gasteiger partial charge >= 0.3 is 0 Å². The molecule has 2 heterocycles. The standard InChI is InChI=1S/C19H22N2O3/c22-18(16-10-13-24-20-16)21-12-11-19(23,14-6-2-1-3-7-14)15-8-4-5-9-17(15)21/h1-3,6-7,10,13,15,17,23H,4-5,8-9,11-12H2/t15-,17+,19?/m0/s1. The Morgan fingerprint density at radius 3 is 2.75 bits per heavy atom. The van der Waals surface area contributed by atoms with Gasteiger partial charge in [-0.1, -0.05) is 48.3 Å². The van der Waals surface area contributed by atoms with Crippen LogP contribution < -0.4 is 0 Å². The molecule has 1 saturated heterocycles. The highest BCUT2D eigenvalue weighted by atomic mass is 16.5. The second-order valence-corrected chi connectivity index (χ2v) is 6.88. The maximum absolute atomic E-state index is 12.8. The molecule has 0 bridgehead atoms. The predicted octanol–water partition coefficient (Wildman–Crippen LogP) is 2.97. The summed E-state index contributed by atoms with van der Waals surface area (Å²) in [6.45, 7) is 0.540. The molecule has 1 aromatic heterocycles. The summed E-state index contributed by atoms with van der Waals surface area (Å²) in [6, 6.07) is 11.6. The van der Waals surface area contributed by atoms with Crippen LogP contribution in [0.4, 0.5) is 0 Å². The number of carbonyl (C=O) groups is 1. The van der Waals surface area contributed by atoms with Gasteiger partial charge in [0.15, 0.2) is 5.69 Å². The Labute approximate surface area is 141 Å². The smallest absolute Gasteiger partial charge is 0.276 e. The predicted molar refractivity (Wildman–Crippen MR) is 88.2 cm³/mol. The molecule has 2 aromatic rings.